The Morgan fingerprint density at radius 1 is 1.39 bits per heavy atom. The maximum atomic E-state index is 11.5. The van der Waals surface area contributed by atoms with E-state index in [0.29, 0.717) is 0 Å². The van der Waals surface area contributed by atoms with E-state index in [1.807, 2.05) is 4.98 Å². The van der Waals surface area contributed by atoms with E-state index in [-0.39, 0.29) is 0 Å². The number of nitrogens with one attached hydrogen (secondary N) is 2. The zero-order valence-electron chi connectivity index (χ0n) is 9.03. The lowest BCUT2D eigenvalue weighted by atomic mass is 10.0. The van der Waals surface area contributed by atoms with Gasteiger partial charge in [-0.25, -0.2) is 4.79 Å². The quantitative estimate of drug-likeness (QED) is 0.320. The van der Waals surface area contributed by atoms with Crippen molar-refractivity contribution in [2.75, 3.05) is 6.61 Å². The number of ether oxygens (including phenoxy) is 1. The molecule has 0 amide bonds. The van der Waals surface area contributed by atoms with E-state index >= 15 is 0 Å². The minimum atomic E-state index is -2.50. The molecule has 100 valence electrons. The summed E-state index contributed by atoms with van der Waals surface area (Å²) < 4.78 is 4.89. The molecule has 1 fully saturated rings. The fourth-order valence-corrected chi connectivity index (χ4v) is 1.85. The van der Waals surface area contributed by atoms with Crippen LogP contribution in [0.2, 0.25) is 0 Å². The van der Waals surface area contributed by atoms with Gasteiger partial charge in [0.15, 0.2) is 0 Å². The van der Waals surface area contributed by atoms with Crippen molar-refractivity contribution < 1.29 is 25.2 Å². The van der Waals surface area contributed by atoms with E-state index in [4.69, 9.17) is 9.84 Å². The van der Waals surface area contributed by atoms with Crippen LogP contribution in [-0.2, 0) is 10.5 Å². The molecule has 2 rings (SSSR count). The second kappa shape index (κ2) is 4.30. The minimum Gasteiger partial charge on any atom is -0.394 e. The van der Waals surface area contributed by atoms with Gasteiger partial charge in [-0.05, 0) is 0 Å². The zero-order valence-corrected chi connectivity index (χ0v) is 9.03. The van der Waals surface area contributed by atoms with Crippen molar-refractivity contribution in [2.24, 2.45) is 0 Å². The standard InChI is InChI=1S/C9H12N2O7/c12-2-4-5(13)6(14)9(17,18-4)3-1-10-8(16)11-7(3)15/h1,4-6,12-14,17H,2H2,(H2,10,11,15,16)/t4-,5-,6-,9+/m1/s1. The van der Waals surface area contributed by atoms with Gasteiger partial charge in [0.05, 0.1) is 12.2 Å². The van der Waals surface area contributed by atoms with Gasteiger partial charge in [-0.2, -0.15) is 0 Å². The van der Waals surface area contributed by atoms with Crippen LogP contribution in [0.4, 0.5) is 0 Å². The smallest absolute Gasteiger partial charge is 0.325 e. The highest BCUT2D eigenvalue weighted by Crippen LogP contribution is 2.35. The van der Waals surface area contributed by atoms with Crippen molar-refractivity contribution in [3.05, 3.63) is 32.6 Å². The van der Waals surface area contributed by atoms with Crippen molar-refractivity contribution in [2.45, 2.75) is 24.1 Å². The van der Waals surface area contributed by atoms with Gasteiger partial charge in [-0.1, -0.05) is 0 Å². The Morgan fingerprint density at radius 2 is 2.06 bits per heavy atom. The molecule has 1 aromatic heterocycles. The molecule has 1 aliphatic heterocycles. The molecule has 0 aromatic carbocycles. The van der Waals surface area contributed by atoms with Crippen molar-refractivity contribution in [3.63, 3.8) is 0 Å². The first-order valence-electron chi connectivity index (χ1n) is 5.10. The lowest BCUT2D eigenvalue weighted by molar-refractivity contribution is -0.240. The monoisotopic (exact) mass is 260 g/mol. The molecule has 0 unspecified atom stereocenters. The lowest BCUT2D eigenvalue weighted by Crippen LogP contribution is -2.45. The molecule has 2 heterocycles. The molecule has 0 aliphatic carbocycles. The Hall–Kier alpha value is -1.52. The summed E-state index contributed by atoms with van der Waals surface area (Å²) in [5.41, 5.74) is -2.23. The van der Waals surface area contributed by atoms with Crippen LogP contribution >= 0.6 is 0 Å². The zero-order chi connectivity index (χ0) is 13.5. The molecule has 1 aromatic rings. The van der Waals surface area contributed by atoms with Gasteiger partial charge in [0, 0.05) is 6.20 Å². The predicted octanol–water partition coefficient (Wildman–Crippen LogP) is -3.68. The summed E-state index contributed by atoms with van der Waals surface area (Å²) in [5, 5.41) is 38.2. The molecule has 0 bridgehead atoms. The molecule has 0 spiro atoms. The molecule has 6 N–H and O–H groups in total. The van der Waals surface area contributed by atoms with Crippen molar-refractivity contribution in [1.29, 1.82) is 0 Å². The molecule has 9 nitrogen and oxygen atoms in total. The van der Waals surface area contributed by atoms with Crippen LogP contribution in [0.1, 0.15) is 5.56 Å². The fourth-order valence-electron chi connectivity index (χ4n) is 1.85. The van der Waals surface area contributed by atoms with E-state index < -0.39 is 47.5 Å². The summed E-state index contributed by atoms with van der Waals surface area (Å²) >= 11 is 0. The third kappa shape index (κ3) is 1.78. The molecule has 18 heavy (non-hydrogen) atoms. The van der Waals surface area contributed by atoms with Crippen LogP contribution in [0.25, 0.3) is 0 Å². The first kappa shape index (κ1) is 12.9. The normalized spacial score (nSPS) is 35.9. The van der Waals surface area contributed by atoms with E-state index in [9.17, 15) is 24.9 Å². The predicted molar refractivity (Wildman–Crippen MR) is 55.6 cm³/mol. The maximum absolute atomic E-state index is 11.5. The number of aromatic nitrogens is 2. The summed E-state index contributed by atoms with van der Waals surface area (Å²) in [6.07, 6.45) is -3.76. The van der Waals surface area contributed by atoms with E-state index in [1.165, 1.54) is 0 Å². The van der Waals surface area contributed by atoms with Gasteiger partial charge in [0.25, 0.3) is 5.56 Å². The summed E-state index contributed by atoms with van der Waals surface area (Å²) in [4.78, 5) is 26.3. The Morgan fingerprint density at radius 3 is 2.56 bits per heavy atom. The van der Waals surface area contributed by atoms with Crippen LogP contribution in [0.3, 0.4) is 0 Å². The van der Waals surface area contributed by atoms with Crippen LogP contribution < -0.4 is 11.2 Å². The van der Waals surface area contributed by atoms with E-state index in [1.54, 1.807) is 0 Å². The van der Waals surface area contributed by atoms with Gasteiger partial charge in [-0.3, -0.25) is 9.78 Å². The highest BCUT2D eigenvalue weighted by atomic mass is 16.7. The molecule has 1 aliphatic rings. The summed E-state index contributed by atoms with van der Waals surface area (Å²) in [6, 6.07) is 0. The lowest BCUT2D eigenvalue weighted by Gasteiger charge is -2.24. The van der Waals surface area contributed by atoms with Crippen LogP contribution in [0.15, 0.2) is 15.8 Å². The number of H-pyrrole nitrogens is 2. The Bertz CT molecular complexity index is 552. The first-order valence-corrected chi connectivity index (χ1v) is 5.10. The Balaban J connectivity index is 2.49. The van der Waals surface area contributed by atoms with Gasteiger partial charge < -0.3 is 30.1 Å². The third-order valence-electron chi connectivity index (χ3n) is 2.82. The minimum absolute atomic E-state index is 0.468. The molecule has 9 heteroatoms. The van der Waals surface area contributed by atoms with Gasteiger partial charge in [0.2, 0.25) is 5.79 Å². The highest BCUT2D eigenvalue weighted by Gasteiger charge is 2.55. The molecule has 1 saturated heterocycles. The second-order valence-electron chi connectivity index (χ2n) is 3.96. The number of hydrogen-bond donors (Lipinski definition) is 6. The van der Waals surface area contributed by atoms with E-state index in [0.717, 1.165) is 6.20 Å². The summed E-state index contributed by atoms with van der Waals surface area (Å²) in [6.45, 7) is -0.651. The van der Waals surface area contributed by atoms with Crippen LogP contribution in [0, 0.1) is 0 Å². The average Bonchev–Trinajstić information content (AvgIpc) is 2.54. The summed E-state index contributed by atoms with van der Waals surface area (Å²) in [7, 11) is 0. The number of hydrogen-bond acceptors (Lipinski definition) is 7. The van der Waals surface area contributed by atoms with Crippen LogP contribution in [-0.4, -0.2) is 55.3 Å². The molecular formula is C9H12N2O7. The van der Waals surface area contributed by atoms with Crippen LogP contribution in [0.5, 0.6) is 0 Å². The maximum Gasteiger partial charge on any atom is 0.325 e. The third-order valence-corrected chi connectivity index (χ3v) is 2.82. The van der Waals surface area contributed by atoms with Gasteiger partial charge in [-0.15, -0.1) is 0 Å². The van der Waals surface area contributed by atoms with Crippen molar-refractivity contribution in [3.8, 4) is 0 Å². The number of aliphatic hydroxyl groups is 4. The van der Waals surface area contributed by atoms with Crippen molar-refractivity contribution in [1.82, 2.24) is 9.97 Å². The number of aromatic amines is 2. The highest BCUT2D eigenvalue weighted by molar-refractivity contribution is 5.17. The molecule has 0 saturated carbocycles. The van der Waals surface area contributed by atoms with E-state index in [2.05, 4.69) is 4.98 Å². The second-order valence-corrected chi connectivity index (χ2v) is 3.96. The average molecular weight is 260 g/mol. The largest absolute Gasteiger partial charge is 0.394 e. The Labute approximate surface area is 99.3 Å². The topological polar surface area (TPSA) is 156 Å². The Kier molecular flexibility index (Phi) is 3.09. The first-order chi connectivity index (χ1) is 8.40. The summed E-state index contributed by atoms with van der Waals surface area (Å²) in [5.74, 6) is -2.50. The fraction of sp³-hybridized carbons (Fsp3) is 0.556. The molecule has 0 radical (unpaired) electrons. The number of rotatable bonds is 2. The number of aliphatic hydroxyl groups excluding tert-OH is 3. The van der Waals surface area contributed by atoms with Crippen molar-refractivity contribution >= 4 is 0 Å². The van der Waals surface area contributed by atoms with Gasteiger partial charge in [0.1, 0.15) is 18.3 Å². The van der Waals surface area contributed by atoms with Gasteiger partial charge >= 0.3 is 5.69 Å². The SMILES string of the molecule is O=c1[nH]cc([C@]2(O)O[C@H](CO)[C@@H](O)[C@H]2O)c(=O)[nH]1. The molecule has 4 atom stereocenters. The molecular weight excluding hydrogens is 248 g/mol.